The normalized spacial score (nSPS) is 12.3. The largest absolute Gasteiger partial charge is 0.465 e. The first kappa shape index (κ1) is 61.4. The molecule has 94 heavy (non-hydrogen) atoms. The second-order valence-electron chi connectivity index (χ2n) is 23.8. The number of aromatic nitrogens is 8. The predicted molar refractivity (Wildman–Crippen MR) is 387 cm³/mol. The molecule has 1 N–H and O–H groups in total. The number of para-hydroxylation sites is 5. The zero-order valence-electron chi connectivity index (χ0n) is 51.9. The van der Waals surface area contributed by atoms with Gasteiger partial charge in [-0.15, -0.1) is 0 Å². The van der Waals surface area contributed by atoms with Gasteiger partial charge in [-0.2, -0.15) is 0 Å². The predicted octanol–water partition coefficient (Wildman–Crippen LogP) is 19.4. The van der Waals surface area contributed by atoms with Crippen molar-refractivity contribution in [1.82, 2.24) is 38.2 Å². The highest BCUT2D eigenvalue weighted by Crippen LogP contribution is 2.48. The second kappa shape index (κ2) is 24.7. The molecule has 0 spiro atoms. The Morgan fingerprint density at radius 3 is 1.19 bits per heavy atom. The van der Waals surface area contributed by atoms with Gasteiger partial charge in [-0.25, -0.2) is 9.59 Å². The maximum Gasteiger partial charge on any atom is 0.341 e. The molecule has 462 valence electrons. The van der Waals surface area contributed by atoms with Crippen molar-refractivity contribution in [2.45, 2.75) is 38.7 Å². The molecule has 0 radical (unpaired) electrons. The number of carbonyl (C=O) groups excluding carboxylic acids is 2. The van der Waals surface area contributed by atoms with Gasteiger partial charge in [0.05, 0.1) is 86.7 Å². The number of pyridine rings is 4. The van der Waals surface area contributed by atoms with E-state index < -0.39 is 17.5 Å². The highest BCUT2D eigenvalue weighted by Gasteiger charge is 2.35. The van der Waals surface area contributed by atoms with Gasteiger partial charge < -0.3 is 32.8 Å². The Kier molecular flexibility index (Phi) is 16.2. The van der Waals surface area contributed by atoms with Crippen LogP contribution in [0.5, 0.6) is 0 Å². The molecular formula is C78H59Br3N8O5. The van der Waals surface area contributed by atoms with Gasteiger partial charge in [0.2, 0.25) is 0 Å². The fourth-order valence-electron chi connectivity index (χ4n) is 13.3. The Hall–Kier alpha value is -10.1. The molecule has 1 aliphatic heterocycles. The number of methoxy groups -OCH3 is 2. The zero-order chi connectivity index (χ0) is 65.2. The minimum atomic E-state index is -0.976. The molecular weight excluding hydrogens is 1370 g/mol. The summed E-state index contributed by atoms with van der Waals surface area (Å²) in [7, 11) is 2.76. The Bertz CT molecular complexity index is 5630. The van der Waals surface area contributed by atoms with Gasteiger partial charge in [-0.1, -0.05) is 153 Å². The summed E-state index contributed by atoms with van der Waals surface area (Å²) in [5, 5.41) is 20.1. The lowest BCUT2D eigenvalue weighted by Crippen LogP contribution is -2.26. The minimum absolute atomic E-state index is 0.0509. The molecule has 13 nitrogen and oxygen atoms in total. The van der Waals surface area contributed by atoms with Crippen LogP contribution in [-0.2, 0) is 20.5 Å². The summed E-state index contributed by atoms with van der Waals surface area (Å²) in [5.74, 6) is -0.795. The lowest BCUT2D eigenvalue weighted by atomic mass is 9.75. The summed E-state index contributed by atoms with van der Waals surface area (Å²) < 4.78 is 21.8. The third-order valence-corrected chi connectivity index (χ3v) is 19.1. The van der Waals surface area contributed by atoms with Crippen LogP contribution in [0.3, 0.4) is 0 Å². The van der Waals surface area contributed by atoms with Crippen molar-refractivity contribution in [2.24, 2.45) is 0 Å². The molecule has 0 unspecified atom stereocenters. The third-order valence-electron chi connectivity index (χ3n) is 17.6. The van der Waals surface area contributed by atoms with E-state index in [1.165, 1.54) is 63.6 Å². The number of halogens is 3. The van der Waals surface area contributed by atoms with Crippen molar-refractivity contribution in [3.05, 3.63) is 285 Å². The van der Waals surface area contributed by atoms with E-state index in [1.54, 1.807) is 51.0 Å². The lowest BCUT2D eigenvalue weighted by molar-refractivity contribution is 0.0591. The van der Waals surface area contributed by atoms with E-state index in [0.29, 0.717) is 11.1 Å². The van der Waals surface area contributed by atoms with Crippen LogP contribution in [-0.4, -0.2) is 69.5 Å². The van der Waals surface area contributed by atoms with Crippen molar-refractivity contribution in [3.63, 3.8) is 0 Å². The van der Waals surface area contributed by atoms with Crippen LogP contribution < -0.4 is 0 Å². The first-order valence-corrected chi connectivity index (χ1v) is 32.7. The van der Waals surface area contributed by atoms with Crippen molar-refractivity contribution in [1.29, 1.82) is 0 Å². The molecule has 16 aromatic rings. The third kappa shape index (κ3) is 10.6. The average Bonchev–Trinajstić information content (AvgIpc) is 1.51. The Morgan fingerprint density at radius 2 is 0.745 bits per heavy atom. The summed E-state index contributed by atoms with van der Waals surface area (Å²) in [6, 6.07) is 66.2. The Balaban J connectivity index is 0.000000108. The second-order valence-corrected chi connectivity index (χ2v) is 26.6. The van der Waals surface area contributed by atoms with Gasteiger partial charge in [0.1, 0.15) is 11.1 Å². The summed E-state index contributed by atoms with van der Waals surface area (Å²) in [4.78, 5) is 41.0. The standard InChI is InChI=1S/C20H17BrN2O.C20H15BrN2.C19H13BrN2O2.C19H14N2O2/c1-20(2,24)16-12-22-10-9-19(16)23-17-6-4-3-5-14(17)15-11-13(21)7-8-18(15)23;1-20(2)15-5-3-4-13-14-10-12(21)6-7-17(14)23(19(13)15)18-8-9-22-11-16(18)20;1-24-19(23)15-11-21-9-8-18(15)22-16-5-3-2-4-13(16)14-10-12(20)6-7-17(14)22;1-23-19(22)15-12-20-11-10-18(15)21-16-8-4-2-6-13(16)14-7-3-5-9-17(14)21/h3-12,24H,1-2H3;3-11H,1-2H3;2-11H,1H3;2-12H,1H3. The summed E-state index contributed by atoms with van der Waals surface area (Å²) in [5.41, 5.74) is 16.0. The van der Waals surface area contributed by atoms with Crippen molar-refractivity contribution >= 4 is 147 Å². The van der Waals surface area contributed by atoms with Crippen LogP contribution in [0, 0.1) is 0 Å². The van der Waals surface area contributed by atoms with Crippen LogP contribution in [0.25, 0.3) is 110 Å². The van der Waals surface area contributed by atoms with Crippen molar-refractivity contribution < 1.29 is 24.2 Å². The molecule has 0 fully saturated rings. The number of rotatable bonds is 6. The topological polar surface area (TPSA) is 144 Å². The lowest BCUT2D eigenvalue weighted by Gasteiger charge is -2.34. The van der Waals surface area contributed by atoms with Crippen molar-refractivity contribution in [2.75, 3.05) is 14.2 Å². The highest BCUT2D eigenvalue weighted by atomic mass is 79.9. The van der Waals surface area contributed by atoms with Gasteiger partial charge in [-0.05, 0) is 123 Å². The van der Waals surface area contributed by atoms with Gasteiger partial charge in [-0.3, -0.25) is 19.9 Å². The number of benzene rings is 8. The number of aliphatic hydroxyl groups is 1. The molecule has 1 aliphatic rings. The molecule has 0 saturated carbocycles. The molecule has 0 saturated heterocycles. The SMILES string of the molecule is CC(C)(O)c1cnccc1-n1c2ccccc2c2cc(Br)ccc21.CC1(C)c2cnccc2-n2c3ccc(Br)cc3c3cccc1c32.COC(=O)c1cnccc1-n1c2ccccc2c2cc(Br)ccc21.COC(=O)c1cnccc1-n1c2ccccc2c2ccccc21. The van der Waals surface area contributed by atoms with E-state index in [9.17, 15) is 14.7 Å². The number of fused-ring (bicyclic) bond motifs is 14. The summed E-state index contributed by atoms with van der Waals surface area (Å²) >= 11 is 10.7. The Morgan fingerprint density at radius 1 is 0.394 bits per heavy atom. The molecule has 8 aromatic heterocycles. The fourth-order valence-corrected chi connectivity index (χ4v) is 14.4. The zero-order valence-corrected chi connectivity index (χ0v) is 56.6. The van der Waals surface area contributed by atoms with Gasteiger partial charge in [0, 0.05) is 123 Å². The first-order valence-electron chi connectivity index (χ1n) is 30.3. The highest BCUT2D eigenvalue weighted by molar-refractivity contribution is 9.11. The molecule has 0 amide bonds. The van der Waals surface area contributed by atoms with Crippen LogP contribution in [0.4, 0.5) is 0 Å². The first-order chi connectivity index (χ1) is 45.6. The van der Waals surface area contributed by atoms with Gasteiger partial charge in [0.15, 0.2) is 0 Å². The van der Waals surface area contributed by atoms with Crippen LogP contribution in [0.1, 0.15) is 65.1 Å². The molecule has 0 aliphatic carbocycles. The molecule has 9 heterocycles. The molecule has 17 rings (SSSR count). The Labute approximate surface area is 565 Å². The van der Waals surface area contributed by atoms with Gasteiger partial charge >= 0.3 is 11.9 Å². The quantitative estimate of drug-likeness (QED) is 0.161. The van der Waals surface area contributed by atoms with Crippen LogP contribution in [0.15, 0.2) is 257 Å². The number of carbonyl (C=O) groups is 2. The average molecular weight is 1430 g/mol. The maximum absolute atomic E-state index is 12.2. The van der Waals surface area contributed by atoms with Crippen LogP contribution >= 0.6 is 47.8 Å². The molecule has 0 atom stereocenters. The number of hydrogen-bond donors (Lipinski definition) is 1. The monoisotopic (exact) mass is 1420 g/mol. The smallest absolute Gasteiger partial charge is 0.341 e. The summed E-state index contributed by atoms with van der Waals surface area (Å²) in [6.45, 7) is 8.16. The number of esters is 2. The van der Waals surface area contributed by atoms with E-state index >= 15 is 0 Å². The minimum Gasteiger partial charge on any atom is -0.465 e. The van der Waals surface area contributed by atoms with E-state index in [0.717, 1.165) is 90.7 Å². The van der Waals surface area contributed by atoms with E-state index in [1.807, 2.05) is 97.3 Å². The molecule has 8 aromatic carbocycles. The van der Waals surface area contributed by atoms with E-state index in [4.69, 9.17) is 9.47 Å². The maximum atomic E-state index is 12.2. The number of nitrogens with zero attached hydrogens (tertiary/aromatic N) is 8. The van der Waals surface area contributed by atoms with E-state index in [2.05, 4.69) is 209 Å². The van der Waals surface area contributed by atoms with E-state index in [-0.39, 0.29) is 5.41 Å². The molecule has 16 heteroatoms. The molecule has 0 bridgehead atoms. The fraction of sp³-hybridized carbons (Fsp3) is 0.103. The number of ether oxygens (including phenoxy) is 2. The van der Waals surface area contributed by atoms with Gasteiger partial charge in [0.25, 0.3) is 0 Å². The van der Waals surface area contributed by atoms with Crippen LogP contribution in [0.2, 0.25) is 0 Å². The van der Waals surface area contributed by atoms with Crippen molar-refractivity contribution in [3.8, 4) is 22.7 Å². The number of hydrogen-bond acceptors (Lipinski definition) is 9. The summed E-state index contributed by atoms with van der Waals surface area (Å²) in [6.07, 6.45) is 13.9.